The van der Waals surface area contributed by atoms with Crippen molar-refractivity contribution in [2.45, 2.75) is 4.90 Å². The predicted molar refractivity (Wildman–Crippen MR) is 58.8 cm³/mol. The highest BCUT2D eigenvalue weighted by molar-refractivity contribution is 8.13. The first-order chi connectivity index (χ1) is 6.93. The summed E-state index contributed by atoms with van der Waals surface area (Å²) < 4.78 is 30.1. The zero-order valence-corrected chi connectivity index (χ0v) is 9.43. The number of anilines is 1. The Kier molecular flexibility index (Phi) is 3.72. The lowest BCUT2D eigenvalue weighted by molar-refractivity contribution is 0.270. The van der Waals surface area contributed by atoms with Crippen molar-refractivity contribution in [1.82, 2.24) is 0 Å². The average Bonchev–Trinajstić information content (AvgIpc) is 2.17. The highest BCUT2D eigenvalue weighted by Crippen LogP contribution is 2.14. The lowest BCUT2D eigenvalue weighted by Crippen LogP contribution is -2.04. The number of rotatable bonds is 2. The molecular formula is C8H9NO4S2. The molecule has 0 aromatic heterocycles. The van der Waals surface area contributed by atoms with Crippen molar-refractivity contribution in [2.75, 3.05) is 11.6 Å². The van der Waals surface area contributed by atoms with Crippen LogP contribution in [0, 0.1) is 0 Å². The molecule has 0 saturated carbocycles. The van der Waals surface area contributed by atoms with E-state index in [-0.39, 0.29) is 10.1 Å². The Morgan fingerprint density at radius 3 is 2.27 bits per heavy atom. The van der Waals surface area contributed by atoms with Crippen LogP contribution in [0.5, 0.6) is 0 Å². The molecule has 0 fully saturated rings. The molecule has 15 heavy (non-hydrogen) atoms. The molecule has 0 atom stereocenters. The van der Waals surface area contributed by atoms with Crippen molar-refractivity contribution >= 4 is 32.8 Å². The van der Waals surface area contributed by atoms with Gasteiger partial charge in [0.2, 0.25) is 0 Å². The third-order valence-corrected chi connectivity index (χ3v) is 2.92. The Hall–Kier alpha value is -1.05. The van der Waals surface area contributed by atoms with Crippen molar-refractivity contribution in [1.29, 1.82) is 0 Å². The number of carbonyl (C=O) groups is 1. The standard InChI is InChI=1S/C8H9NO4S2/c1-14-8(10)9-6-2-4-7(5-3-6)15(11,12)13/h2-5H,1H3,(H,9,10)(H,11,12,13). The fraction of sp³-hybridized carbons (Fsp3) is 0.125. The normalized spacial score (nSPS) is 11.1. The van der Waals surface area contributed by atoms with E-state index in [0.29, 0.717) is 5.69 Å². The van der Waals surface area contributed by atoms with Gasteiger partial charge in [0.1, 0.15) is 0 Å². The van der Waals surface area contributed by atoms with Crippen LogP contribution in [0.25, 0.3) is 0 Å². The molecule has 0 heterocycles. The summed E-state index contributed by atoms with van der Waals surface area (Å²) in [6, 6.07) is 5.23. The lowest BCUT2D eigenvalue weighted by Gasteiger charge is -2.03. The monoisotopic (exact) mass is 247 g/mol. The summed E-state index contributed by atoms with van der Waals surface area (Å²) in [6.07, 6.45) is 1.63. The van der Waals surface area contributed by atoms with Gasteiger partial charge < -0.3 is 5.32 Å². The van der Waals surface area contributed by atoms with Crippen molar-refractivity contribution in [3.8, 4) is 0 Å². The minimum Gasteiger partial charge on any atom is -0.317 e. The second kappa shape index (κ2) is 4.65. The molecule has 1 rings (SSSR count). The predicted octanol–water partition coefficient (Wildman–Crippen LogP) is 1.83. The summed E-state index contributed by atoms with van der Waals surface area (Å²) in [4.78, 5) is 10.7. The Bertz CT molecular complexity index is 452. The molecule has 7 heteroatoms. The molecule has 1 amide bonds. The van der Waals surface area contributed by atoms with Gasteiger partial charge in [-0.05, 0) is 30.5 Å². The fourth-order valence-electron chi connectivity index (χ4n) is 0.879. The van der Waals surface area contributed by atoms with E-state index in [2.05, 4.69) is 5.32 Å². The van der Waals surface area contributed by atoms with Gasteiger partial charge in [0.15, 0.2) is 0 Å². The minimum atomic E-state index is -4.17. The molecule has 1 aromatic carbocycles. The van der Waals surface area contributed by atoms with E-state index < -0.39 is 10.1 Å². The summed E-state index contributed by atoms with van der Waals surface area (Å²) in [6.45, 7) is 0. The molecule has 0 aliphatic carbocycles. The zero-order valence-electron chi connectivity index (χ0n) is 7.80. The summed E-state index contributed by atoms with van der Waals surface area (Å²) in [7, 11) is -4.17. The first-order valence-electron chi connectivity index (χ1n) is 3.86. The SMILES string of the molecule is CSC(=O)Nc1ccc(S(=O)(=O)O)cc1. The van der Waals surface area contributed by atoms with Crippen LogP contribution in [0.15, 0.2) is 29.2 Å². The van der Waals surface area contributed by atoms with E-state index >= 15 is 0 Å². The quantitative estimate of drug-likeness (QED) is 0.779. The van der Waals surface area contributed by atoms with Crippen LogP contribution >= 0.6 is 11.8 Å². The zero-order chi connectivity index (χ0) is 11.5. The average molecular weight is 247 g/mol. The van der Waals surface area contributed by atoms with Crippen LogP contribution < -0.4 is 5.32 Å². The van der Waals surface area contributed by atoms with Gasteiger partial charge >= 0.3 is 0 Å². The van der Waals surface area contributed by atoms with E-state index in [1.165, 1.54) is 24.3 Å². The minimum absolute atomic E-state index is 0.204. The van der Waals surface area contributed by atoms with Crippen molar-refractivity contribution < 1.29 is 17.8 Å². The first-order valence-corrected chi connectivity index (χ1v) is 6.52. The van der Waals surface area contributed by atoms with Crippen LogP contribution in [0.4, 0.5) is 10.5 Å². The van der Waals surface area contributed by atoms with E-state index in [4.69, 9.17) is 4.55 Å². The molecule has 0 bridgehead atoms. The molecule has 0 aliphatic heterocycles. The van der Waals surface area contributed by atoms with Crippen molar-refractivity contribution in [3.05, 3.63) is 24.3 Å². The lowest BCUT2D eigenvalue weighted by atomic mass is 10.3. The summed E-state index contributed by atoms with van der Waals surface area (Å²) in [5.41, 5.74) is 0.474. The molecule has 82 valence electrons. The maximum absolute atomic E-state index is 10.9. The van der Waals surface area contributed by atoms with Crippen molar-refractivity contribution in [3.63, 3.8) is 0 Å². The first kappa shape index (κ1) is 12.0. The van der Waals surface area contributed by atoms with Gasteiger partial charge in [-0.15, -0.1) is 0 Å². The number of hydrogen-bond acceptors (Lipinski definition) is 4. The number of carbonyl (C=O) groups excluding carboxylic acids is 1. The summed E-state index contributed by atoms with van der Waals surface area (Å²) >= 11 is 1.01. The van der Waals surface area contributed by atoms with Crippen molar-refractivity contribution in [2.24, 2.45) is 0 Å². The largest absolute Gasteiger partial charge is 0.317 e. The second-order valence-corrected chi connectivity index (χ2v) is 4.82. The van der Waals surface area contributed by atoms with Crippen LogP contribution in [0.1, 0.15) is 0 Å². The number of nitrogens with one attached hydrogen (secondary N) is 1. The van der Waals surface area contributed by atoms with E-state index in [0.717, 1.165) is 11.8 Å². The van der Waals surface area contributed by atoms with E-state index in [1.54, 1.807) is 6.26 Å². The van der Waals surface area contributed by atoms with Crippen LogP contribution in [-0.2, 0) is 10.1 Å². The Morgan fingerprint density at radius 2 is 1.87 bits per heavy atom. The van der Waals surface area contributed by atoms with Crippen LogP contribution in [-0.4, -0.2) is 24.5 Å². The molecule has 1 aromatic rings. The third kappa shape index (κ3) is 3.54. The second-order valence-electron chi connectivity index (χ2n) is 2.62. The number of hydrogen-bond donors (Lipinski definition) is 2. The van der Waals surface area contributed by atoms with E-state index in [9.17, 15) is 13.2 Å². The molecule has 0 spiro atoms. The maximum atomic E-state index is 10.9. The van der Waals surface area contributed by atoms with Gasteiger partial charge in [0, 0.05) is 5.69 Å². The van der Waals surface area contributed by atoms with Gasteiger partial charge in [-0.1, -0.05) is 11.8 Å². The van der Waals surface area contributed by atoms with Gasteiger partial charge in [-0.2, -0.15) is 8.42 Å². The molecule has 0 radical (unpaired) electrons. The van der Waals surface area contributed by atoms with Crippen LogP contribution in [0.3, 0.4) is 0 Å². The Labute approximate surface area is 91.6 Å². The Balaban J connectivity index is 2.86. The topological polar surface area (TPSA) is 83.5 Å². The highest BCUT2D eigenvalue weighted by atomic mass is 32.2. The molecule has 0 aliphatic rings. The summed E-state index contributed by atoms with van der Waals surface area (Å²) in [5.74, 6) is 0. The van der Waals surface area contributed by atoms with Gasteiger partial charge in [0.25, 0.3) is 15.4 Å². The maximum Gasteiger partial charge on any atom is 0.294 e. The summed E-state index contributed by atoms with van der Waals surface area (Å²) in [5, 5.41) is 2.28. The Morgan fingerprint density at radius 1 is 1.33 bits per heavy atom. The smallest absolute Gasteiger partial charge is 0.294 e. The number of benzene rings is 1. The van der Waals surface area contributed by atoms with E-state index in [1.807, 2.05) is 0 Å². The third-order valence-electron chi connectivity index (χ3n) is 1.58. The van der Waals surface area contributed by atoms with Gasteiger partial charge in [0.05, 0.1) is 4.90 Å². The molecular weight excluding hydrogens is 238 g/mol. The number of thioether (sulfide) groups is 1. The van der Waals surface area contributed by atoms with Crippen LogP contribution in [0.2, 0.25) is 0 Å². The molecule has 0 saturated heterocycles. The van der Waals surface area contributed by atoms with Gasteiger partial charge in [-0.3, -0.25) is 9.35 Å². The molecule has 2 N–H and O–H groups in total. The number of amides is 1. The van der Waals surface area contributed by atoms with Gasteiger partial charge in [-0.25, -0.2) is 0 Å². The highest BCUT2D eigenvalue weighted by Gasteiger charge is 2.08. The fourth-order valence-corrected chi connectivity index (χ4v) is 1.58. The molecule has 5 nitrogen and oxygen atoms in total. The molecule has 0 unspecified atom stereocenters.